The molecule has 2 rings (SSSR count). The van der Waals surface area contributed by atoms with Crippen LogP contribution in [0.3, 0.4) is 0 Å². The van der Waals surface area contributed by atoms with Gasteiger partial charge in [0.15, 0.2) is 0 Å². The Morgan fingerprint density at radius 3 is 2.69 bits per heavy atom. The van der Waals surface area contributed by atoms with Gasteiger partial charge in [-0.1, -0.05) is 0 Å². The Morgan fingerprint density at radius 1 is 1.56 bits per heavy atom. The maximum atomic E-state index is 5.97. The smallest absolute Gasteiger partial charge is 0.135 e. The minimum atomic E-state index is 0.713. The molecule has 0 aliphatic carbocycles. The highest BCUT2D eigenvalue weighted by Gasteiger charge is 2.11. The van der Waals surface area contributed by atoms with Crippen molar-refractivity contribution >= 4 is 71.6 Å². The third-order valence-corrected chi connectivity index (χ3v) is 6.67. The number of rotatable bonds is 2. The molecule has 0 aliphatic heterocycles. The molecular weight excluding hydrogens is 469 g/mol. The molecule has 0 saturated carbocycles. The Balaban J connectivity index is 2.30. The molecule has 0 fully saturated rings. The second kappa shape index (κ2) is 4.95. The maximum Gasteiger partial charge on any atom is 0.135 e. The van der Waals surface area contributed by atoms with Crippen molar-refractivity contribution < 1.29 is 0 Å². The van der Waals surface area contributed by atoms with Crippen molar-refractivity contribution in [3.8, 4) is 0 Å². The van der Waals surface area contributed by atoms with Gasteiger partial charge in [0.2, 0.25) is 0 Å². The summed E-state index contributed by atoms with van der Waals surface area (Å²) in [6, 6.07) is 2.08. The van der Waals surface area contributed by atoms with Crippen LogP contribution in [0.15, 0.2) is 14.3 Å². The van der Waals surface area contributed by atoms with E-state index in [0.717, 1.165) is 23.3 Å². The number of nitrogens with two attached hydrogens (primary N) is 1. The summed E-state index contributed by atoms with van der Waals surface area (Å²) in [7, 11) is 0. The SMILES string of the molecule is Cc1nn(Cc2cc(Br)c(Br)s2)c(N)c1I. The van der Waals surface area contributed by atoms with Crippen molar-refractivity contribution in [2.24, 2.45) is 0 Å². The van der Waals surface area contributed by atoms with Crippen LogP contribution in [0.4, 0.5) is 5.82 Å². The lowest BCUT2D eigenvalue weighted by molar-refractivity contribution is 0.697. The van der Waals surface area contributed by atoms with Gasteiger partial charge >= 0.3 is 0 Å². The largest absolute Gasteiger partial charge is 0.383 e. The molecule has 0 atom stereocenters. The molecule has 86 valence electrons. The number of hydrogen-bond donors (Lipinski definition) is 1. The predicted molar refractivity (Wildman–Crippen MR) is 82.9 cm³/mol. The van der Waals surface area contributed by atoms with Crippen molar-refractivity contribution in [1.82, 2.24) is 9.78 Å². The van der Waals surface area contributed by atoms with Crippen molar-refractivity contribution in [3.05, 3.63) is 28.5 Å². The number of hydrogen-bond acceptors (Lipinski definition) is 3. The molecule has 0 amide bonds. The molecule has 7 heteroatoms. The topological polar surface area (TPSA) is 43.8 Å². The highest BCUT2D eigenvalue weighted by Crippen LogP contribution is 2.33. The third kappa shape index (κ3) is 2.46. The number of halogens is 3. The van der Waals surface area contributed by atoms with Crippen molar-refractivity contribution in [3.63, 3.8) is 0 Å². The fourth-order valence-electron chi connectivity index (χ4n) is 1.31. The first-order valence-corrected chi connectivity index (χ1v) is 7.89. The molecule has 2 aromatic rings. The Hall–Kier alpha value is 0.400. The van der Waals surface area contributed by atoms with E-state index >= 15 is 0 Å². The molecule has 2 N–H and O–H groups in total. The summed E-state index contributed by atoms with van der Waals surface area (Å²) in [6.45, 7) is 2.68. The first kappa shape index (κ1) is 12.8. The monoisotopic (exact) mass is 475 g/mol. The van der Waals surface area contributed by atoms with Gasteiger partial charge in [-0.3, -0.25) is 0 Å². The first-order valence-electron chi connectivity index (χ1n) is 4.41. The van der Waals surface area contributed by atoms with Gasteiger partial charge in [-0.15, -0.1) is 11.3 Å². The van der Waals surface area contributed by atoms with Gasteiger partial charge in [0.05, 0.1) is 19.6 Å². The lowest BCUT2D eigenvalue weighted by Gasteiger charge is -2.00. The number of aryl methyl sites for hydroxylation is 1. The molecule has 0 radical (unpaired) electrons. The van der Waals surface area contributed by atoms with Crippen LogP contribution in [0.25, 0.3) is 0 Å². The van der Waals surface area contributed by atoms with E-state index in [2.05, 4.69) is 65.6 Å². The van der Waals surface area contributed by atoms with E-state index in [1.807, 2.05) is 11.6 Å². The average Bonchev–Trinajstić information content (AvgIpc) is 2.64. The lowest BCUT2D eigenvalue weighted by Crippen LogP contribution is -2.05. The average molecular weight is 477 g/mol. The Morgan fingerprint density at radius 2 is 2.25 bits per heavy atom. The van der Waals surface area contributed by atoms with Gasteiger partial charge in [-0.2, -0.15) is 5.10 Å². The highest BCUT2D eigenvalue weighted by atomic mass is 127. The van der Waals surface area contributed by atoms with E-state index < -0.39 is 0 Å². The fraction of sp³-hybridized carbons (Fsp3) is 0.222. The van der Waals surface area contributed by atoms with Gasteiger partial charge in [0.1, 0.15) is 5.82 Å². The van der Waals surface area contributed by atoms with E-state index in [-0.39, 0.29) is 0 Å². The Labute approximate surface area is 128 Å². The number of thiophene rings is 1. The zero-order valence-electron chi connectivity index (χ0n) is 8.30. The minimum absolute atomic E-state index is 0.713. The van der Waals surface area contributed by atoms with Crippen LogP contribution in [0, 0.1) is 10.5 Å². The molecule has 0 unspecified atom stereocenters. The van der Waals surface area contributed by atoms with Gasteiger partial charge in [-0.05, 0) is 67.4 Å². The first-order chi connectivity index (χ1) is 7.49. The molecule has 16 heavy (non-hydrogen) atoms. The zero-order chi connectivity index (χ0) is 11.9. The summed E-state index contributed by atoms with van der Waals surface area (Å²) < 4.78 is 5.04. The van der Waals surface area contributed by atoms with Crippen LogP contribution < -0.4 is 5.73 Å². The van der Waals surface area contributed by atoms with Gasteiger partial charge < -0.3 is 5.73 Å². The number of nitrogens with zero attached hydrogens (tertiary/aromatic N) is 2. The highest BCUT2D eigenvalue weighted by molar-refractivity contribution is 14.1. The van der Waals surface area contributed by atoms with Gasteiger partial charge in [0, 0.05) is 9.35 Å². The Kier molecular flexibility index (Phi) is 3.97. The summed E-state index contributed by atoms with van der Waals surface area (Å²) in [5, 5.41) is 4.40. The zero-order valence-corrected chi connectivity index (χ0v) is 14.4. The van der Waals surface area contributed by atoms with E-state index in [9.17, 15) is 0 Å². The molecule has 0 aliphatic rings. The van der Waals surface area contributed by atoms with Crippen LogP contribution in [-0.2, 0) is 6.54 Å². The summed E-state index contributed by atoms with van der Waals surface area (Å²) >= 11 is 10.9. The van der Waals surface area contributed by atoms with Crippen LogP contribution in [0.2, 0.25) is 0 Å². The second-order valence-corrected chi connectivity index (χ2v) is 7.66. The van der Waals surface area contributed by atoms with Gasteiger partial charge in [0.25, 0.3) is 0 Å². The van der Waals surface area contributed by atoms with Crippen LogP contribution in [0.5, 0.6) is 0 Å². The molecule has 0 bridgehead atoms. The quantitative estimate of drug-likeness (QED) is 0.665. The molecule has 0 spiro atoms. The lowest BCUT2D eigenvalue weighted by atomic mass is 10.4. The molecule has 2 aromatic heterocycles. The summed E-state index contributed by atoms with van der Waals surface area (Å²) in [5.74, 6) is 0.735. The number of nitrogen functional groups attached to an aromatic ring is 1. The molecule has 0 saturated heterocycles. The number of aromatic nitrogens is 2. The van der Waals surface area contributed by atoms with Gasteiger partial charge in [-0.25, -0.2) is 4.68 Å². The van der Waals surface area contributed by atoms with E-state index in [0.29, 0.717) is 6.54 Å². The predicted octanol–water partition coefficient (Wildman–Crippen LogP) is 4.01. The Bertz CT molecular complexity index is 516. The van der Waals surface area contributed by atoms with Crippen LogP contribution in [-0.4, -0.2) is 9.78 Å². The third-order valence-electron chi connectivity index (χ3n) is 2.09. The normalized spacial score (nSPS) is 11.0. The molecular formula is C9H8Br2IN3S. The maximum absolute atomic E-state index is 5.97. The molecule has 0 aromatic carbocycles. The minimum Gasteiger partial charge on any atom is -0.383 e. The summed E-state index contributed by atoms with van der Waals surface area (Å²) in [6.07, 6.45) is 0. The summed E-state index contributed by atoms with van der Waals surface area (Å²) in [4.78, 5) is 1.21. The van der Waals surface area contributed by atoms with Crippen molar-refractivity contribution in [1.29, 1.82) is 0 Å². The summed E-state index contributed by atoms with van der Waals surface area (Å²) in [5.41, 5.74) is 6.95. The van der Waals surface area contributed by atoms with Crippen LogP contribution in [0.1, 0.15) is 10.6 Å². The van der Waals surface area contributed by atoms with E-state index in [1.165, 1.54) is 4.88 Å². The fourth-order valence-corrected chi connectivity index (χ4v) is 3.86. The molecule has 2 heterocycles. The van der Waals surface area contributed by atoms with E-state index in [1.54, 1.807) is 11.3 Å². The molecule has 3 nitrogen and oxygen atoms in total. The number of anilines is 1. The second-order valence-electron chi connectivity index (χ2n) is 3.28. The van der Waals surface area contributed by atoms with Crippen LogP contribution >= 0.6 is 65.8 Å². The van der Waals surface area contributed by atoms with Crippen molar-refractivity contribution in [2.75, 3.05) is 5.73 Å². The standard InChI is InChI=1S/C9H8Br2IN3S/c1-4-7(12)9(13)15(14-4)3-5-2-6(10)8(11)16-5/h2H,3,13H2,1H3. The van der Waals surface area contributed by atoms with E-state index in [4.69, 9.17) is 5.73 Å². The van der Waals surface area contributed by atoms with Crippen molar-refractivity contribution in [2.45, 2.75) is 13.5 Å².